The molecule has 2 atom stereocenters. The number of allylic oxidation sites excluding steroid dienone is 4. The van der Waals surface area contributed by atoms with Crippen molar-refractivity contribution in [1.82, 2.24) is 5.32 Å². The molecule has 6 heteroatoms. The zero-order valence-electron chi connectivity index (χ0n) is 49.4. The van der Waals surface area contributed by atoms with Crippen LogP contribution in [0.2, 0.25) is 0 Å². The predicted octanol–water partition coefficient (Wildman–Crippen LogP) is 21.0. The van der Waals surface area contributed by atoms with Gasteiger partial charge in [0.2, 0.25) is 5.91 Å². The molecule has 0 bridgehead atoms. The summed E-state index contributed by atoms with van der Waals surface area (Å²) in [5.41, 5.74) is 0. The number of hydrogen-bond donors (Lipinski definition) is 3. The second-order valence-corrected chi connectivity index (χ2v) is 22.8. The molecule has 0 aliphatic carbocycles. The van der Waals surface area contributed by atoms with Crippen LogP contribution in [0.4, 0.5) is 0 Å². The fraction of sp³-hybridized carbons (Fsp3) is 0.910. The van der Waals surface area contributed by atoms with Crippen molar-refractivity contribution in [2.45, 2.75) is 379 Å². The average molecular weight is 1030 g/mol. The molecule has 0 aromatic rings. The molecular formula is C67H129NO5. The van der Waals surface area contributed by atoms with Crippen molar-refractivity contribution in [1.29, 1.82) is 0 Å². The number of amides is 1. The second-order valence-electron chi connectivity index (χ2n) is 22.8. The Morgan fingerprint density at radius 1 is 0.370 bits per heavy atom. The molecular weight excluding hydrogens is 899 g/mol. The van der Waals surface area contributed by atoms with Gasteiger partial charge in [0.1, 0.15) is 0 Å². The molecule has 1 amide bonds. The van der Waals surface area contributed by atoms with Crippen molar-refractivity contribution in [3.8, 4) is 0 Å². The Morgan fingerprint density at radius 3 is 0.973 bits per heavy atom. The first-order valence-corrected chi connectivity index (χ1v) is 33.1. The molecule has 0 saturated heterocycles. The molecule has 2 unspecified atom stereocenters. The minimum Gasteiger partial charge on any atom is -0.466 e. The van der Waals surface area contributed by atoms with Crippen LogP contribution in [0.5, 0.6) is 0 Å². The standard InChI is InChI=1S/C67H129NO5/c1-3-5-7-9-11-13-15-16-17-35-38-41-45-49-53-57-61-67(72)73-62-58-54-50-46-42-39-36-33-31-29-27-25-23-21-19-18-20-22-24-26-28-30-32-34-37-40-44-48-52-56-60-66(71)68-64(63-69)65(70)59-55-51-47-43-14-12-10-8-6-4-2/h17,19,21,35,64-65,69-70H,3-16,18,20,22-34,36-63H2,1-2H3,(H,68,71)/b21-19-,35-17-. The summed E-state index contributed by atoms with van der Waals surface area (Å²) in [6, 6.07) is -0.538. The van der Waals surface area contributed by atoms with Crippen molar-refractivity contribution >= 4 is 11.9 Å². The van der Waals surface area contributed by atoms with E-state index in [9.17, 15) is 19.8 Å². The second kappa shape index (κ2) is 62.9. The summed E-state index contributed by atoms with van der Waals surface area (Å²) in [4.78, 5) is 24.5. The molecule has 3 N–H and O–H groups in total. The van der Waals surface area contributed by atoms with Gasteiger partial charge < -0.3 is 20.3 Å². The summed E-state index contributed by atoms with van der Waals surface area (Å²) in [6.07, 6.45) is 77.9. The van der Waals surface area contributed by atoms with E-state index < -0.39 is 12.1 Å². The quantitative estimate of drug-likeness (QED) is 0.0320. The van der Waals surface area contributed by atoms with Crippen LogP contribution in [0, 0.1) is 0 Å². The summed E-state index contributed by atoms with van der Waals surface area (Å²) in [5, 5.41) is 23.2. The normalized spacial score (nSPS) is 12.7. The third kappa shape index (κ3) is 59.4. The lowest BCUT2D eigenvalue weighted by Gasteiger charge is -2.22. The number of rotatable bonds is 62. The molecule has 0 rings (SSSR count). The number of esters is 1. The zero-order valence-corrected chi connectivity index (χ0v) is 49.4. The van der Waals surface area contributed by atoms with Gasteiger partial charge in [0.15, 0.2) is 0 Å². The lowest BCUT2D eigenvalue weighted by Crippen LogP contribution is -2.45. The maximum atomic E-state index is 12.4. The SMILES string of the molecule is CCCCCCCCC/C=C\CCCCCCCC(=O)OCCCCCCCCCCCCCC/C=C\CCCCCCCCCCCCCCCCC(=O)NC(CO)C(O)CCCCCCCCCCCC. The van der Waals surface area contributed by atoms with E-state index in [4.69, 9.17) is 4.74 Å². The van der Waals surface area contributed by atoms with E-state index >= 15 is 0 Å². The largest absolute Gasteiger partial charge is 0.466 e. The van der Waals surface area contributed by atoms with Crippen molar-refractivity contribution in [3.63, 3.8) is 0 Å². The minimum absolute atomic E-state index is 0.0101. The number of hydrogen-bond acceptors (Lipinski definition) is 5. The highest BCUT2D eigenvalue weighted by Gasteiger charge is 2.20. The number of unbranched alkanes of at least 4 members (excludes halogenated alkanes) is 47. The van der Waals surface area contributed by atoms with Crippen LogP contribution in [-0.2, 0) is 14.3 Å². The van der Waals surface area contributed by atoms with Gasteiger partial charge in [-0.2, -0.15) is 0 Å². The fourth-order valence-electron chi connectivity index (χ4n) is 10.4. The number of carbonyl (C=O) groups excluding carboxylic acids is 2. The molecule has 0 aromatic carbocycles. The minimum atomic E-state index is -0.661. The van der Waals surface area contributed by atoms with Crippen LogP contribution in [0.1, 0.15) is 367 Å². The number of nitrogens with one attached hydrogen (secondary N) is 1. The topological polar surface area (TPSA) is 95.9 Å². The molecule has 0 aliphatic rings. The van der Waals surface area contributed by atoms with Crippen molar-refractivity contribution < 1.29 is 24.5 Å². The smallest absolute Gasteiger partial charge is 0.305 e. The summed E-state index contributed by atoms with van der Waals surface area (Å²) in [6.45, 7) is 4.95. The number of aliphatic hydroxyl groups excluding tert-OH is 2. The van der Waals surface area contributed by atoms with Gasteiger partial charge in [0.25, 0.3) is 0 Å². The first-order valence-electron chi connectivity index (χ1n) is 33.1. The van der Waals surface area contributed by atoms with E-state index in [2.05, 4.69) is 43.5 Å². The van der Waals surface area contributed by atoms with Gasteiger partial charge in [-0.05, 0) is 77.0 Å². The third-order valence-electron chi connectivity index (χ3n) is 15.5. The molecule has 0 radical (unpaired) electrons. The molecule has 0 aromatic heterocycles. The maximum absolute atomic E-state index is 12.4. The third-order valence-corrected chi connectivity index (χ3v) is 15.5. The van der Waals surface area contributed by atoms with E-state index in [1.165, 1.54) is 289 Å². The van der Waals surface area contributed by atoms with Crippen LogP contribution in [0.15, 0.2) is 24.3 Å². The van der Waals surface area contributed by atoms with Gasteiger partial charge >= 0.3 is 5.97 Å². The highest BCUT2D eigenvalue weighted by Crippen LogP contribution is 2.18. The Morgan fingerprint density at radius 2 is 0.644 bits per heavy atom. The molecule has 73 heavy (non-hydrogen) atoms. The van der Waals surface area contributed by atoms with Gasteiger partial charge in [0.05, 0.1) is 25.4 Å². The fourth-order valence-corrected chi connectivity index (χ4v) is 10.4. The van der Waals surface area contributed by atoms with E-state index in [-0.39, 0.29) is 18.5 Å². The molecule has 0 saturated carbocycles. The summed E-state index contributed by atoms with van der Waals surface area (Å²) >= 11 is 0. The Hall–Kier alpha value is -1.66. The molecule has 0 heterocycles. The molecule has 0 fully saturated rings. The van der Waals surface area contributed by atoms with Crippen LogP contribution in [0.3, 0.4) is 0 Å². The van der Waals surface area contributed by atoms with E-state index in [1.807, 2.05) is 0 Å². The van der Waals surface area contributed by atoms with E-state index in [0.29, 0.717) is 25.9 Å². The van der Waals surface area contributed by atoms with Gasteiger partial charge in [0, 0.05) is 12.8 Å². The van der Waals surface area contributed by atoms with Gasteiger partial charge in [-0.3, -0.25) is 9.59 Å². The highest BCUT2D eigenvalue weighted by molar-refractivity contribution is 5.76. The van der Waals surface area contributed by atoms with E-state index in [1.54, 1.807) is 0 Å². The first kappa shape index (κ1) is 71.3. The monoisotopic (exact) mass is 1030 g/mol. The maximum Gasteiger partial charge on any atom is 0.305 e. The van der Waals surface area contributed by atoms with E-state index in [0.717, 1.165) is 44.9 Å². The van der Waals surface area contributed by atoms with Crippen LogP contribution in [0.25, 0.3) is 0 Å². The molecule has 0 spiro atoms. The molecule has 6 nitrogen and oxygen atoms in total. The average Bonchev–Trinajstić information content (AvgIpc) is 3.39. The Bertz CT molecular complexity index is 1140. The summed E-state index contributed by atoms with van der Waals surface area (Å²) in [7, 11) is 0. The number of carbonyl (C=O) groups is 2. The zero-order chi connectivity index (χ0) is 52.9. The van der Waals surface area contributed by atoms with Crippen molar-refractivity contribution in [2.24, 2.45) is 0 Å². The predicted molar refractivity (Wildman–Crippen MR) is 320 cm³/mol. The lowest BCUT2D eigenvalue weighted by atomic mass is 10.0. The van der Waals surface area contributed by atoms with Crippen molar-refractivity contribution in [3.05, 3.63) is 24.3 Å². The first-order chi connectivity index (χ1) is 36.0. The Kier molecular flexibility index (Phi) is 61.4. The summed E-state index contributed by atoms with van der Waals surface area (Å²) < 4.78 is 5.49. The molecule has 0 aliphatic heterocycles. The number of ether oxygens (including phenoxy) is 1. The number of aliphatic hydroxyl groups is 2. The lowest BCUT2D eigenvalue weighted by molar-refractivity contribution is -0.143. The van der Waals surface area contributed by atoms with Crippen LogP contribution >= 0.6 is 0 Å². The van der Waals surface area contributed by atoms with Crippen molar-refractivity contribution in [2.75, 3.05) is 13.2 Å². The van der Waals surface area contributed by atoms with Gasteiger partial charge in [-0.1, -0.05) is 301 Å². The highest BCUT2D eigenvalue weighted by atomic mass is 16.5. The van der Waals surface area contributed by atoms with Gasteiger partial charge in [-0.15, -0.1) is 0 Å². The van der Waals surface area contributed by atoms with Crippen LogP contribution < -0.4 is 5.32 Å². The summed E-state index contributed by atoms with van der Waals surface area (Å²) in [5.74, 6) is -0.0237. The molecule has 432 valence electrons. The Balaban J connectivity index is 3.33. The van der Waals surface area contributed by atoms with Gasteiger partial charge in [-0.25, -0.2) is 0 Å². The van der Waals surface area contributed by atoms with Crippen LogP contribution in [-0.4, -0.2) is 47.4 Å². The Labute approximate surface area is 456 Å².